The maximum absolute atomic E-state index is 12.6. The van der Waals surface area contributed by atoms with E-state index < -0.39 is 60.9 Å². The molecule has 1 unspecified atom stereocenters. The van der Waals surface area contributed by atoms with E-state index in [1.165, 1.54) is 22.8 Å². The summed E-state index contributed by atoms with van der Waals surface area (Å²) in [6.45, 7) is -0.504. The molecule has 0 aliphatic carbocycles. The standard InChI is InChI=1S/C15H16N3O9PS2/c16-15(23)27-3-7-5-30-13-9(11(20)18(13)12(7)28(24,25)26)17-10(19)8(14(21)22)6-1-2-29-4-6/h1-2,4,8-9,13H,3,5H2,(H2,16,23)(H,17,19)(H,21,22)(H2,24,25,26)/t8?,9-,13+/m1/s1. The summed E-state index contributed by atoms with van der Waals surface area (Å²) in [4.78, 5) is 67.7. The van der Waals surface area contributed by atoms with Gasteiger partial charge >= 0.3 is 19.7 Å². The number of thiophene rings is 1. The van der Waals surface area contributed by atoms with E-state index in [0.717, 1.165) is 16.7 Å². The van der Waals surface area contributed by atoms with Crippen molar-refractivity contribution in [3.8, 4) is 0 Å². The van der Waals surface area contributed by atoms with E-state index in [-0.39, 0.29) is 16.9 Å². The smallest absolute Gasteiger partial charge is 0.404 e. The molecule has 0 radical (unpaired) electrons. The summed E-state index contributed by atoms with van der Waals surface area (Å²) in [5.41, 5.74) is 4.55. The largest absolute Gasteiger partial charge is 0.480 e. The van der Waals surface area contributed by atoms with E-state index in [1.54, 1.807) is 5.38 Å². The number of β-lactam (4-membered cyclic amide) rings is 1. The first-order valence-electron chi connectivity index (χ1n) is 8.22. The molecular formula is C15H16N3O9PS2. The number of nitrogens with two attached hydrogens (primary N) is 1. The summed E-state index contributed by atoms with van der Waals surface area (Å²) in [7, 11) is -4.94. The fourth-order valence-corrected chi connectivity index (χ4v) is 6.36. The van der Waals surface area contributed by atoms with E-state index in [9.17, 15) is 38.6 Å². The average Bonchev–Trinajstić information content (AvgIpc) is 3.16. The molecule has 3 amide bonds. The fraction of sp³-hybridized carbons (Fsp3) is 0.333. The van der Waals surface area contributed by atoms with Gasteiger partial charge in [-0.2, -0.15) is 11.3 Å². The Morgan fingerprint density at radius 2 is 2.10 bits per heavy atom. The van der Waals surface area contributed by atoms with Crippen LogP contribution >= 0.6 is 30.7 Å². The van der Waals surface area contributed by atoms with Gasteiger partial charge in [-0.25, -0.2) is 4.79 Å². The molecule has 12 nitrogen and oxygen atoms in total. The molecule has 3 heterocycles. The maximum Gasteiger partial charge on any atom is 0.404 e. The first kappa shape index (κ1) is 22.3. The lowest BCUT2D eigenvalue weighted by Gasteiger charge is -2.50. The third kappa shape index (κ3) is 4.23. The van der Waals surface area contributed by atoms with Crippen molar-refractivity contribution in [1.29, 1.82) is 0 Å². The lowest BCUT2D eigenvalue weighted by Crippen LogP contribution is -2.70. The van der Waals surface area contributed by atoms with Crippen LogP contribution in [0.3, 0.4) is 0 Å². The lowest BCUT2D eigenvalue weighted by atomic mass is 9.99. The predicted octanol–water partition coefficient (Wildman–Crippen LogP) is -0.199. The second-order valence-electron chi connectivity index (χ2n) is 6.30. The number of amides is 3. The number of carboxylic acids is 1. The summed E-state index contributed by atoms with van der Waals surface area (Å²) < 4.78 is 16.5. The number of primary amides is 1. The lowest BCUT2D eigenvalue weighted by molar-refractivity contribution is -0.149. The van der Waals surface area contributed by atoms with Gasteiger partial charge in [0.2, 0.25) is 5.91 Å². The van der Waals surface area contributed by atoms with Crippen LogP contribution in [0.2, 0.25) is 0 Å². The third-order valence-electron chi connectivity index (χ3n) is 4.36. The Kier molecular flexibility index (Phi) is 6.24. The Hall–Kier alpha value is -2.38. The summed E-state index contributed by atoms with van der Waals surface area (Å²) in [5, 5.41) is 14.0. The summed E-state index contributed by atoms with van der Waals surface area (Å²) >= 11 is 2.29. The molecule has 2 aliphatic rings. The first-order valence-corrected chi connectivity index (χ1v) is 11.8. The average molecular weight is 477 g/mol. The third-order valence-corrected chi connectivity index (χ3v) is 7.49. The van der Waals surface area contributed by atoms with Gasteiger partial charge in [0.25, 0.3) is 5.91 Å². The maximum atomic E-state index is 12.6. The zero-order valence-electron chi connectivity index (χ0n) is 15.0. The number of hydrogen-bond acceptors (Lipinski definition) is 8. The Balaban J connectivity index is 1.81. The van der Waals surface area contributed by atoms with Crippen molar-refractivity contribution in [2.24, 2.45) is 5.73 Å². The van der Waals surface area contributed by atoms with Crippen LogP contribution in [0.4, 0.5) is 4.79 Å². The van der Waals surface area contributed by atoms with Crippen molar-refractivity contribution in [3.63, 3.8) is 0 Å². The fourth-order valence-electron chi connectivity index (χ4n) is 3.11. The van der Waals surface area contributed by atoms with E-state index >= 15 is 0 Å². The SMILES string of the molecule is NC(=O)OCC1=C(P(=O)(O)O)N2C(=O)[C@@H](NC(=O)C(C(=O)O)c3ccsc3)[C@@H]2SC1. The molecule has 0 saturated carbocycles. The number of carboxylic acid groups (broad SMARTS) is 1. The van der Waals surface area contributed by atoms with Gasteiger partial charge in [0.1, 0.15) is 23.5 Å². The Labute approximate surface area is 177 Å². The number of thioether (sulfide) groups is 1. The predicted molar refractivity (Wildman–Crippen MR) is 104 cm³/mol. The van der Waals surface area contributed by atoms with Gasteiger partial charge in [-0.3, -0.25) is 23.8 Å². The van der Waals surface area contributed by atoms with Crippen molar-refractivity contribution in [2.45, 2.75) is 17.3 Å². The monoisotopic (exact) mass is 477 g/mol. The van der Waals surface area contributed by atoms with Crippen LogP contribution in [-0.4, -0.2) is 67.4 Å². The van der Waals surface area contributed by atoms with Crippen LogP contribution in [0, 0.1) is 0 Å². The molecule has 30 heavy (non-hydrogen) atoms. The second-order valence-corrected chi connectivity index (χ2v) is 9.70. The highest BCUT2D eigenvalue weighted by Crippen LogP contribution is 2.55. The number of fused-ring (bicyclic) bond motifs is 1. The molecule has 1 fully saturated rings. The normalized spacial score (nSPS) is 22.1. The van der Waals surface area contributed by atoms with Gasteiger partial charge < -0.3 is 30.7 Å². The van der Waals surface area contributed by atoms with Gasteiger partial charge in [-0.1, -0.05) is 0 Å². The zero-order chi connectivity index (χ0) is 22.2. The molecule has 1 aromatic rings. The zero-order valence-corrected chi connectivity index (χ0v) is 17.5. The van der Waals surface area contributed by atoms with Gasteiger partial charge in [0, 0.05) is 11.3 Å². The van der Waals surface area contributed by atoms with E-state index in [4.69, 9.17) is 5.73 Å². The number of ether oxygens (including phenoxy) is 1. The molecule has 3 atom stereocenters. The molecule has 0 bridgehead atoms. The molecule has 0 aromatic carbocycles. The Morgan fingerprint density at radius 1 is 1.40 bits per heavy atom. The number of carbonyl (C=O) groups is 4. The molecule has 2 aliphatic heterocycles. The van der Waals surface area contributed by atoms with Crippen molar-refractivity contribution >= 4 is 54.6 Å². The summed E-state index contributed by atoms with van der Waals surface area (Å²) in [5.74, 6) is -4.65. The van der Waals surface area contributed by atoms with E-state index in [1.807, 2.05) is 0 Å². The van der Waals surface area contributed by atoms with Gasteiger partial charge in [0.05, 0.1) is 0 Å². The number of nitrogens with zero attached hydrogens (tertiary/aromatic N) is 1. The van der Waals surface area contributed by atoms with Crippen LogP contribution in [-0.2, 0) is 23.7 Å². The van der Waals surface area contributed by atoms with Crippen molar-refractivity contribution in [3.05, 3.63) is 33.4 Å². The number of nitrogens with one attached hydrogen (secondary N) is 1. The molecule has 6 N–H and O–H groups in total. The Bertz CT molecular complexity index is 974. The summed E-state index contributed by atoms with van der Waals surface area (Å²) in [6, 6.07) is 0.315. The van der Waals surface area contributed by atoms with Crippen molar-refractivity contribution in [1.82, 2.24) is 10.2 Å². The van der Waals surface area contributed by atoms with Crippen LogP contribution in [0.5, 0.6) is 0 Å². The highest BCUT2D eigenvalue weighted by Gasteiger charge is 2.56. The molecule has 3 rings (SSSR count). The van der Waals surface area contributed by atoms with Crippen LogP contribution in [0.1, 0.15) is 11.5 Å². The number of carbonyl (C=O) groups excluding carboxylic acids is 3. The molecule has 0 spiro atoms. The second kappa shape index (κ2) is 8.40. The minimum atomic E-state index is -4.94. The summed E-state index contributed by atoms with van der Waals surface area (Å²) in [6.07, 6.45) is -1.15. The van der Waals surface area contributed by atoms with Gasteiger partial charge in [-0.15, -0.1) is 11.8 Å². The van der Waals surface area contributed by atoms with Gasteiger partial charge in [-0.05, 0) is 22.4 Å². The van der Waals surface area contributed by atoms with Gasteiger partial charge in [0.15, 0.2) is 5.92 Å². The molecule has 15 heteroatoms. The Morgan fingerprint density at radius 3 is 2.63 bits per heavy atom. The molecule has 162 valence electrons. The van der Waals surface area contributed by atoms with Crippen LogP contribution < -0.4 is 11.1 Å². The van der Waals surface area contributed by atoms with Crippen LogP contribution in [0.15, 0.2) is 27.8 Å². The highest BCUT2D eigenvalue weighted by molar-refractivity contribution is 8.00. The quantitative estimate of drug-likeness (QED) is 0.199. The van der Waals surface area contributed by atoms with Crippen molar-refractivity contribution in [2.75, 3.05) is 12.4 Å². The molecule has 1 aromatic heterocycles. The number of rotatable bonds is 7. The topological polar surface area (TPSA) is 197 Å². The van der Waals surface area contributed by atoms with Crippen LogP contribution in [0.25, 0.3) is 0 Å². The minimum Gasteiger partial charge on any atom is -0.480 e. The number of hydrogen-bond donors (Lipinski definition) is 5. The number of aliphatic carboxylic acids is 1. The van der Waals surface area contributed by atoms with E-state index in [2.05, 4.69) is 10.1 Å². The van der Waals surface area contributed by atoms with E-state index in [0.29, 0.717) is 0 Å². The highest BCUT2D eigenvalue weighted by atomic mass is 32.2. The molecule has 1 saturated heterocycles. The van der Waals surface area contributed by atoms with Crippen molar-refractivity contribution < 1.29 is 43.4 Å². The molecular weight excluding hydrogens is 461 g/mol. The first-order chi connectivity index (χ1) is 14.0. The minimum absolute atomic E-state index is 0.00142.